The van der Waals surface area contributed by atoms with Crippen LogP contribution in [0.25, 0.3) is 0 Å². The van der Waals surface area contributed by atoms with Gasteiger partial charge in [0.1, 0.15) is 36.6 Å². The van der Waals surface area contributed by atoms with Crippen molar-refractivity contribution < 1.29 is 44.5 Å². The lowest BCUT2D eigenvalue weighted by Crippen LogP contribution is -2.60. The summed E-state index contributed by atoms with van der Waals surface area (Å²) >= 11 is 0. The van der Waals surface area contributed by atoms with E-state index >= 15 is 0 Å². The summed E-state index contributed by atoms with van der Waals surface area (Å²) in [5, 5.41) is 48.8. The van der Waals surface area contributed by atoms with Crippen LogP contribution in [-0.2, 0) is 18.9 Å². The molecule has 0 aliphatic carbocycles. The van der Waals surface area contributed by atoms with Gasteiger partial charge in [0.25, 0.3) is 0 Å². The number of hydrogen-bond donors (Lipinski definition) is 6. The van der Waals surface area contributed by atoms with Crippen LogP contribution >= 0.6 is 0 Å². The van der Waals surface area contributed by atoms with E-state index in [0.717, 1.165) is 0 Å². The highest BCUT2D eigenvalue weighted by Gasteiger charge is 2.45. The molecule has 0 amide bonds. The molecule has 130 valence electrons. The van der Waals surface area contributed by atoms with Crippen molar-refractivity contribution in [2.45, 2.75) is 49.2 Å². The molecule has 2 fully saturated rings. The molecule has 0 radical (unpaired) electrons. The first-order chi connectivity index (χ1) is 10.5. The van der Waals surface area contributed by atoms with Gasteiger partial charge in [-0.25, -0.2) is 0 Å². The first kappa shape index (κ1) is 17.9. The number of rotatable bonds is 5. The molecule has 0 bridgehead atoms. The summed E-state index contributed by atoms with van der Waals surface area (Å²) < 4.78 is 20.8. The molecule has 22 heavy (non-hydrogen) atoms. The average Bonchev–Trinajstić information content (AvgIpc) is 2.50. The van der Waals surface area contributed by atoms with Crippen molar-refractivity contribution in [1.29, 1.82) is 0 Å². The normalized spacial score (nSPS) is 46.6. The van der Waals surface area contributed by atoms with Gasteiger partial charge >= 0.3 is 0 Å². The van der Waals surface area contributed by atoms with Crippen molar-refractivity contribution in [2.24, 2.45) is 5.73 Å². The van der Waals surface area contributed by atoms with E-state index in [0.29, 0.717) is 0 Å². The Morgan fingerprint density at radius 1 is 0.864 bits per heavy atom. The van der Waals surface area contributed by atoms with Gasteiger partial charge in [-0.1, -0.05) is 0 Å². The van der Waals surface area contributed by atoms with E-state index in [4.69, 9.17) is 24.7 Å². The molecular weight excluding hydrogens is 302 g/mol. The molecule has 2 saturated heterocycles. The number of nitrogens with two attached hydrogens (primary N) is 1. The Balaban J connectivity index is 1.97. The molecule has 7 N–H and O–H groups in total. The smallest absolute Gasteiger partial charge is 0.186 e. The van der Waals surface area contributed by atoms with E-state index < -0.39 is 49.2 Å². The van der Waals surface area contributed by atoms with Crippen molar-refractivity contribution in [3.05, 3.63) is 0 Å². The van der Waals surface area contributed by atoms with E-state index in [-0.39, 0.29) is 26.4 Å². The van der Waals surface area contributed by atoms with Gasteiger partial charge in [-0.15, -0.1) is 0 Å². The third-order valence-electron chi connectivity index (χ3n) is 3.57. The minimum atomic E-state index is -1.52. The van der Waals surface area contributed by atoms with E-state index in [1.807, 2.05) is 0 Å². The lowest BCUT2D eigenvalue weighted by molar-refractivity contribution is -0.334. The Labute approximate surface area is 127 Å². The second-order valence-corrected chi connectivity index (χ2v) is 5.27. The molecule has 0 spiro atoms. The summed E-state index contributed by atoms with van der Waals surface area (Å²) in [5.74, 6) is 0. The van der Waals surface area contributed by atoms with Crippen molar-refractivity contribution in [3.8, 4) is 0 Å². The SMILES string of the molecule is NCCO[C@@H]1OC[C@@H](O)[C@H](O[C@H]2OC[C@@H](O)[C@H](O)C2O)C1O. The second kappa shape index (κ2) is 7.93. The molecule has 0 aromatic heterocycles. The molecule has 10 nitrogen and oxygen atoms in total. The van der Waals surface area contributed by atoms with Crippen LogP contribution in [0, 0.1) is 0 Å². The van der Waals surface area contributed by atoms with Gasteiger partial charge in [0.15, 0.2) is 12.6 Å². The van der Waals surface area contributed by atoms with Crippen LogP contribution in [0.5, 0.6) is 0 Å². The van der Waals surface area contributed by atoms with Gasteiger partial charge in [0.2, 0.25) is 0 Å². The summed E-state index contributed by atoms with van der Waals surface area (Å²) in [6.07, 6.45) is -10.2. The zero-order valence-electron chi connectivity index (χ0n) is 11.9. The second-order valence-electron chi connectivity index (χ2n) is 5.27. The summed E-state index contributed by atoms with van der Waals surface area (Å²) in [5.41, 5.74) is 5.30. The highest BCUT2D eigenvalue weighted by Crippen LogP contribution is 2.24. The van der Waals surface area contributed by atoms with Gasteiger partial charge in [-0.05, 0) is 0 Å². The maximum atomic E-state index is 10.1. The molecule has 2 aliphatic rings. The molecule has 2 heterocycles. The molecule has 0 aromatic carbocycles. The average molecular weight is 325 g/mol. The monoisotopic (exact) mass is 325 g/mol. The fourth-order valence-electron chi connectivity index (χ4n) is 2.33. The predicted molar refractivity (Wildman–Crippen MR) is 69.4 cm³/mol. The summed E-state index contributed by atoms with van der Waals surface area (Å²) in [4.78, 5) is 0. The van der Waals surface area contributed by atoms with Crippen LogP contribution in [0.15, 0.2) is 0 Å². The summed E-state index contributed by atoms with van der Waals surface area (Å²) in [6, 6.07) is 0. The van der Waals surface area contributed by atoms with Crippen molar-refractivity contribution in [1.82, 2.24) is 0 Å². The largest absolute Gasteiger partial charge is 0.388 e. The number of aliphatic hydroxyl groups is 5. The van der Waals surface area contributed by atoms with E-state index in [9.17, 15) is 25.5 Å². The topological polar surface area (TPSA) is 164 Å². The quantitative estimate of drug-likeness (QED) is 0.292. The fraction of sp³-hybridized carbons (Fsp3) is 1.00. The Hall–Kier alpha value is -0.400. The van der Waals surface area contributed by atoms with Crippen molar-refractivity contribution in [3.63, 3.8) is 0 Å². The van der Waals surface area contributed by atoms with Gasteiger partial charge < -0.3 is 50.2 Å². The molecule has 8 atom stereocenters. The van der Waals surface area contributed by atoms with Crippen molar-refractivity contribution in [2.75, 3.05) is 26.4 Å². The molecule has 10 heteroatoms. The van der Waals surface area contributed by atoms with Crippen molar-refractivity contribution >= 4 is 0 Å². The Morgan fingerprint density at radius 3 is 2.18 bits per heavy atom. The molecule has 0 aromatic rings. The zero-order valence-corrected chi connectivity index (χ0v) is 11.9. The highest BCUT2D eigenvalue weighted by atomic mass is 16.7. The summed E-state index contributed by atoms with van der Waals surface area (Å²) in [7, 11) is 0. The molecule has 0 saturated carbocycles. The van der Waals surface area contributed by atoms with Gasteiger partial charge in [0.05, 0.1) is 19.8 Å². The van der Waals surface area contributed by atoms with Crippen LogP contribution in [0.2, 0.25) is 0 Å². The lowest BCUT2D eigenvalue weighted by Gasteiger charge is -2.42. The minimum Gasteiger partial charge on any atom is -0.388 e. The number of aliphatic hydroxyl groups excluding tert-OH is 5. The number of hydrogen-bond acceptors (Lipinski definition) is 10. The third-order valence-corrected chi connectivity index (χ3v) is 3.57. The molecule has 2 aliphatic heterocycles. The van der Waals surface area contributed by atoms with Gasteiger partial charge in [-0.3, -0.25) is 0 Å². The maximum Gasteiger partial charge on any atom is 0.186 e. The van der Waals surface area contributed by atoms with Crippen LogP contribution in [0.4, 0.5) is 0 Å². The van der Waals surface area contributed by atoms with Crippen LogP contribution in [0.1, 0.15) is 0 Å². The fourth-order valence-corrected chi connectivity index (χ4v) is 2.33. The first-order valence-corrected chi connectivity index (χ1v) is 7.06. The van der Waals surface area contributed by atoms with E-state index in [2.05, 4.69) is 0 Å². The van der Waals surface area contributed by atoms with Crippen LogP contribution < -0.4 is 5.73 Å². The number of ether oxygens (including phenoxy) is 4. The lowest BCUT2D eigenvalue weighted by atomic mass is 10.0. The first-order valence-electron chi connectivity index (χ1n) is 7.06. The van der Waals surface area contributed by atoms with Crippen LogP contribution in [-0.4, -0.2) is 101 Å². The summed E-state index contributed by atoms with van der Waals surface area (Å²) in [6.45, 7) is -0.0104. The Morgan fingerprint density at radius 2 is 1.50 bits per heavy atom. The van der Waals surface area contributed by atoms with E-state index in [1.165, 1.54) is 0 Å². The predicted octanol–water partition coefficient (Wildman–Crippen LogP) is -4.14. The van der Waals surface area contributed by atoms with Crippen LogP contribution in [0.3, 0.4) is 0 Å². The maximum absolute atomic E-state index is 10.1. The van der Waals surface area contributed by atoms with Gasteiger partial charge in [0, 0.05) is 6.54 Å². The van der Waals surface area contributed by atoms with E-state index in [1.54, 1.807) is 0 Å². The Bertz CT molecular complexity index is 345. The molecular formula is C12H23NO9. The zero-order chi connectivity index (χ0) is 16.3. The highest BCUT2D eigenvalue weighted by molar-refractivity contribution is 4.88. The molecule has 2 rings (SSSR count). The Kier molecular flexibility index (Phi) is 6.46. The minimum absolute atomic E-state index is 0.148. The standard InChI is InChI=1S/C12H23NO9/c13-1-2-19-11-9(18)10(6(15)4-20-11)22-12-8(17)7(16)5(14)3-21-12/h5-12,14-18H,1-4,13H2/t5-,6-,7+,8?,9?,10+,11-,12-/m1/s1. The van der Waals surface area contributed by atoms with Gasteiger partial charge in [-0.2, -0.15) is 0 Å². The molecule has 2 unspecified atom stereocenters. The third kappa shape index (κ3) is 3.92.